The lowest BCUT2D eigenvalue weighted by molar-refractivity contribution is -0.168. The molecule has 0 aromatic rings. The molecule has 12 heteroatoms. The molecule has 0 N–H and O–H groups in total. The average molecular weight is 639 g/mol. The fraction of sp³-hybridized carbons (Fsp3) is 0.879. The van der Waals surface area contributed by atoms with Crippen LogP contribution in [0, 0.1) is 23.7 Å². The van der Waals surface area contributed by atoms with Crippen molar-refractivity contribution in [2.24, 2.45) is 23.7 Å². The largest absolute Gasteiger partial charge is 0.465 e. The molecule has 4 aliphatic heterocycles. The first-order chi connectivity index (χ1) is 22.0. The first-order valence-electron chi connectivity index (χ1n) is 17.1. The minimum absolute atomic E-state index is 0.0406. The molecule has 4 saturated heterocycles. The van der Waals surface area contributed by atoms with Gasteiger partial charge in [0.25, 0.3) is 0 Å². The first kappa shape index (κ1) is 34.1. The molecule has 8 unspecified atom stereocenters. The Kier molecular flexibility index (Phi) is 13.3. The van der Waals surface area contributed by atoms with Crippen LogP contribution in [0.2, 0.25) is 0 Å². The van der Waals surface area contributed by atoms with Crippen LogP contribution in [0.5, 0.6) is 0 Å². The Hall–Kier alpha value is -2.28. The third-order valence-electron chi connectivity index (χ3n) is 9.18. The van der Waals surface area contributed by atoms with Gasteiger partial charge in [-0.25, -0.2) is 0 Å². The summed E-state index contributed by atoms with van der Waals surface area (Å²) < 4.78 is 43.4. The van der Waals surface area contributed by atoms with Crippen LogP contribution in [0.3, 0.4) is 0 Å². The van der Waals surface area contributed by atoms with E-state index >= 15 is 0 Å². The fourth-order valence-corrected chi connectivity index (χ4v) is 6.11. The molecule has 8 atom stereocenters. The summed E-state index contributed by atoms with van der Waals surface area (Å²) in [5.41, 5.74) is 0. The molecule has 0 amide bonds. The molecule has 0 aromatic carbocycles. The molecule has 5 aliphatic rings. The lowest BCUT2D eigenvalue weighted by Crippen LogP contribution is -2.38. The molecule has 5 rings (SSSR count). The van der Waals surface area contributed by atoms with Crippen molar-refractivity contribution in [3.05, 3.63) is 0 Å². The van der Waals surface area contributed by atoms with Gasteiger partial charge in [0.1, 0.15) is 0 Å². The average Bonchev–Trinajstić information content (AvgIpc) is 3.83. The number of unbranched alkanes of at least 4 members (excludes halogenated alkanes) is 4. The Morgan fingerprint density at radius 3 is 0.956 bits per heavy atom. The first-order valence-corrected chi connectivity index (χ1v) is 17.1. The summed E-state index contributed by atoms with van der Waals surface area (Å²) in [5, 5.41) is 0. The molecule has 0 bridgehead atoms. The summed E-state index contributed by atoms with van der Waals surface area (Å²) in [6.07, 6.45) is 10.7. The van der Waals surface area contributed by atoms with Crippen LogP contribution in [0.1, 0.15) is 83.5 Å². The summed E-state index contributed by atoms with van der Waals surface area (Å²) in [6, 6.07) is 0. The van der Waals surface area contributed by atoms with Crippen LogP contribution < -0.4 is 0 Å². The Morgan fingerprint density at radius 2 is 0.689 bits per heavy atom. The van der Waals surface area contributed by atoms with Gasteiger partial charge in [0.15, 0.2) is 0 Å². The van der Waals surface area contributed by atoms with Crippen LogP contribution in [0.15, 0.2) is 0 Å². The highest BCUT2D eigenvalue weighted by Gasteiger charge is 2.58. The monoisotopic (exact) mass is 638 g/mol. The van der Waals surface area contributed by atoms with E-state index in [1.54, 1.807) is 0 Å². The molecule has 0 spiro atoms. The van der Waals surface area contributed by atoms with Crippen LogP contribution in [0.4, 0.5) is 0 Å². The summed E-state index contributed by atoms with van der Waals surface area (Å²) in [5.74, 6) is -6.99. The maximum atomic E-state index is 13.6. The Morgan fingerprint density at radius 1 is 0.422 bits per heavy atom. The molecule has 254 valence electrons. The molecule has 12 nitrogen and oxygen atoms in total. The van der Waals surface area contributed by atoms with Crippen LogP contribution >= 0.6 is 0 Å². The van der Waals surface area contributed by atoms with Gasteiger partial charge in [0.05, 0.1) is 101 Å². The van der Waals surface area contributed by atoms with Gasteiger partial charge in [0, 0.05) is 0 Å². The van der Waals surface area contributed by atoms with Crippen molar-refractivity contribution in [1.82, 2.24) is 0 Å². The minimum atomic E-state index is -1.19. The SMILES string of the molecule is O=C(OCCCCC1CO1)C1CC(C(=O)OCCCCC2CO2)C(C(=O)OCCCCC2CO2)C1C(=O)OCCCCC1CO1. The number of hydrogen-bond donors (Lipinski definition) is 0. The van der Waals surface area contributed by atoms with E-state index in [-0.39, 0.29) is 45.1 Å². The van der Waals surface area contributed by atoms with Crippen molar-refractivity contribution >= 4 is 23.9 Å². The van der Waals surface area contributed by atoms with E-state index in [1.807, 2.05) is 0 Å². The zero-order valence-electron chi connectivity index (χ0n) is 26.4. The molecule has 5 fully saturated rings. The molecule has 1 saturated carbocycles. The fourth-order valence-electron chi connectivity index (χ4n) is 6.11. The molecule has 0 aromatic heterocycles. The highest BCUT2D eigenvalue weighted by Crippen LogP contribution is 2.45. The third-order valence-corrected chi connectivity index (χ3v) is 9.18. The number of carbonyl (C=O) groups excluding carboxylic acids is 4. The molecular weight excluding hydrogens is 588 g/mol. The van der Waals surface area contributed by atoms with Crippen molar-refractivity contribution in [3.63, 3.8) is 0 Å². The number of epoxide rings is 4. The zero-order valence-corrected chi connectivity index (χ0v) is 26.4. The van der Waals surface area contributed by atoms with E-state index in [1.165, 1.54) is 0 Å². The molecule has 45 heavy (non-hydrogen) atoms. The van der Waals surface area contributed by atoms with E-state index in [4.69, 9.17) is 37.9 Å². The normalized spacial score (nSPS) is 30.8. The predicted octanol–water partition coefficient (Wildman–Crippen LogP) is 3.30. The van der Waals surface area contributed by atoms with Crippen LogP contribution in [-0.4, -0.2) is 101 Å². The van der Waals surface area contributed by atoms with Gasteiger partial charge in [-0.15, -0.1) is 0 Å². The summed E-state index contributed by atoms with van der Waals surface area (Å²) in [4.78, 5) is 54.0. The van der Waals surface area contributed by atoms with Gasteiger partial charge in [-0.1, -0.05) is 0 Å². The third kappa shape index (κ3) is 12.1. The van der Waals surface area contributed by atoms with E-state index in [9.17, 15) is 19.2 Å². The summed E-state index contributed by atoms with van der Waals surface area (Å²) in [6.45, 7) is 3.77. The minimum Gasteiger partial charge on any atom is -0.465 e. The topological polar surface area (TPSA) is 155 Å². The quantitative estimate of drug-likeness (QED) is 0.0659. The summed E-state index contributed by atoms with van der Waals surface area (Å²) >= 11 is 0. The molecule has 1 aliphatic carbocycles. The van der Waals surface area contributed by atoms with Gasteiger partial charge >= 0.3 is 23.9 Å². The van der Waals surface area contributed by atoms with Crippen LogP contribution in [0.25, 0.3) is 0 Å². The smallest absolute Gasteiger partial charge is 0.310 e. The highest BCUT2D eigenvalue weighted by atomic mass is 16.6. The number of hydrogen-bond acceptors (Lipinski definition) is 12. The van der Waals surface area contributed by atoms with E-state index in [2.05, 4.69) is 0 Å². The second-order valence-corrected chi connectivity index (χ2v) is 13.0. The predicted molar refractivity (Wildman–Crippen MR) is 157 cm³/mol. The lowest BCUT2D eigenvalue weighted by atomic mass is 9.86. The van der Waals surface area contributed by atoms with Gasteiger partial charge in [-0.3, -0.25) is 19.2 Å². The Balaban J connectivity index is 1.20. The zero-order chi connectivity index (χ0) is 31.4. The van der Waals surface area contributed by atoms with E-state index in [0.29, 0.717) is 37.9 Å². The number of esters is 4. The summed E-state index contributed by atoms with van der Waals surface area (Å²) in [7, 11) is 0. The highest BCUT2D eigenvalue weighted by molar-refractivity contribution is 5.92. The van der Waals surface area contributed by atoms with Gasteiger partial charge in [-0.2, -0.15) is 0 Å². The standard InChI is InChI=1S/C33H50O12/c34-30(38-13-5-1-9-22-18-42-22)26-17-27(31(35)39-14-6-2-10-23-19-43-23)29(33(37)41-16-8-4-12-25-21-45-25)28(26)32(36)40-15-7-3-11-24-20-44-24/h22-29H,1-21H2. The Bertz CT molecular complexity index is 895. The van der Waals surface area contributed by atoms with E-state index in [0.717, 1.165) is 77.8 Å². The number of carbonyl (C=O) groups is 4. The Labute approximate surface area is 265 Å². The molecule has 4 heterocycles. The second-order valence-electron chi connectivity index (χ2n) is 13.0. The number of rotatable bonds is 24. The van der Waals surface area contributed by atoms with Crippen molar-refractivity contribution in [3.8, 4) is 0 Å². The van der Waals surface area contributed by atoms with Crippen molar-refractivity contribution in [2.45, 2.75) is 108 Å². The molecule has 0 radical (unpaired) electrons. The van der Waals surface area contributed by atoms with Crippen LogP contribution in [-0.2, 0) is 57.1 Å². The number of ether oxygens (including phenoxy) is 8. The van der Waals surface area contributed by atoms with Gasteiger partial charge in [-0.05, 0) is 83.5 Å². The maximum Gasteiger partial charge on any atom is 0.310 e. The molecular formula is C33H50O12. The van der Waals surface area contributed by atoms with Crippen molar-refractivity contribution < 1.29 is 57.1 Å². The lowest BCUT2D eigenvalue weighted by Gasteiger charge is -2.23. The van der Waals surface area contributed by atoms with Crippen molar-refractivity contribution in [1.29, 1.82) is 0 Å². The van der Waals surface area contributed by atoms with Crippen molar-refractivity contribution in [2.75, 3.05) is 52.9 Å². The van der Waals surface area contributed by atoms with Gasteiger partial charge in [0.2, 0.25) is 0 Å². The second kappa shape index (κ2) is 17.6. The van der Waals surface area contributed by atoms with Gasteiger partial charge < -0.3 is 37.9 Å². The maximum absolute atomic E-state index is 13.6. The van der Waals surface area contributed by atoms with E-state index < -0.39 is 47.5 Å².